The first-order valence-corrected chi connectivity index (χ1v) is 6.66. The molecule has 2 aromatic rings. The van der Waals surface area contributed by atoms with E-state index >= 15 is 0 Å². The van der Waals surface area contributed by atoms with Crippen LogP contribution in [0.15, 0.2) is 30.0 Å². The van der Waals surface area contributed by atoms with Crippen LogP contribution < -0.4 is 5.32 Å². The van der Waals surface area contributed by atoms with E-state index in [0.29, 0.717) is 6.04 Å². The van der Waals surface area contributed by atoms with Crippen LogP contribution in [0, 0.1) is 0 Å². The van der Waals surface area contributed by atoms with Gasteiger partial charge in [0.1, 0.15) is 0 Å². The fourth-order valence-electron chi connectivity index (χ4n) is 1.57. The van der Waals surface area contributed by atoms with Gasteiger partial charge in [0.15, 0.2) is 0 Å². The van der Waals surface area contributed by atoms with Crippen molar-refractivity contribution in [1.29, 1.82) is 0 Å². The van der Waals surface area contributed by atoms with Crippen molar-refractivity contribution in [3.05, 3.63) is 46.2 Å². The molecular weight excluding hydrogens is 230 g/mol. The minimum absolute atomic E-state index is 0.498. The Hall–Kier alpha value is -1.26. The number of pyridine rings is 1. The van der Waals surface area contributed by atoms with E-state index in [1.54, 1.807) is 11.3 Å². The van der Waals surface area contributed by atoms with Crippen LogP contribution in [0.25, 0.3) is 0 Å². The molecule has 0 bridgehead atoms. The van der Waals surface area contributed by atoms with Gasteiger partial charge in [-0.1, -0.05) is 19.9 Å². The lowest BCUT2D eigenvalue weighted by Crippen LogP contribution is -2.21. The van der Waals surface area contributed by atoms with Crippen molar-refractivity contribution in [2.24, 2.45) is 0 Å². The molecule has 17 heavy (non-hydrogen) atoms. The summed E-state index contributed by atoms with van der Waals surface area (Å²) in [6.07, 6.45) is 6.55. The highest BCUT2D eigenvalue weighted by molar-refractivity contribution is 7.09. The van der Waals surface area contributed by atoms with E-state index in [1.807, 2.05) is 24.0 Å². The van der Waals surface area contributed by atoms with Gasteiger partial charge in [-0.25, -0.2) is 4.98 Å². The van der Waals surface area contributed by atoms with Crippen LogP contribution in [0.2, 0.25) is 0 Å². The third kappa shape index (κ3) is 3.91. The van der Waals surface area contributed by atoms with Gasteiger partial charge in [0.25, 0.3) is 0 Å². The molecule has 2 aromatic heterocycles. The largest absolute Gasteiger partial charge is 0.310 e. The minimum Gasteiger partial charge on any atom is -0.310 e. The highest BCUT2D eigenvalue weighted by Crippen LogP contribution is 2.12. The summed E-state index contributed by atoms with van der Waals surface area (Å²) < 4.78 is 0. The van der Waals surface area contributed by atoms with Crippen molar-refractivity contribution < 1.29 is 0 Å². The van der Waals surface area contributed by atoms with Crippen LogP contribution in [0.5, 0.6) is 0 Å². The van der Waals surface area contributed by atoms with Crippen molar-refractivity contribution in [2.75, 3.05) is 0 Å². The van der Waals surface area contributed by atoms with Gasteiger partial charge in [-0.2, -0.15) is 0 Å². The number of nitrogens with zero attached hydrogens (tertiary/aromatic N) is 2. The second-order valence-corrected chi connectivity index (χ2v) is 5.32. The van der Waals surface area contributed by atoms with Gasteiger partial charge in [0, 0.05) is 43.0 Å². The van der Waals surface area contributed by atoms with Gasteiger partial charge in [0.05, 0.1) is 5.01 Å². The van der Waals surface area contributed by atoms with Crippen molar-refractivity contribution >= 4 is 11.3 Å². The summed E-state index contributed by atoms with van der Waals surface area (Å²) in [7, 11) is 0. The first-order valence-electron chi connectivity index (χ1n) is 5.78. The van der Waals surface area contributed by atoms with Gasteiger partial charge in [-0.15, -0.1) is 11.3 Å². The lowest BCUT2D eigenvalue weighted by Gasteiger charge is -2.08. The summed E-state index contributed by atoms with van der Waals surface area (Å²) in [4.78, 5) is 8.57. The van der Waals surface area contributed by atoms with E-state index in [0.717, 1.165) is 18.0 Å². The van der Waals surface area contributed by atoms with Crippen LogP contribution in [0.1, 0.15) is 30.0 Å². The molecule has 0 unspecified atom stereocenters. The predicted octanol–water partition coefficient (Wildman–Crippen LogP) is 2.63. The van der Waals surface area contributed by atoms with Gasteiger partial charge < -0.3 is 5.32 Å². The van der Waals surface area contributed by atoms with Gasteiger partial charge in [0.2, 0.25) is 0 Å². The Morgan fingerprint density at radius 1 is 1.29 bits per heavy atom. The Balaban J connectivity index is 2.01. The number of hydrogen-bond acceptors (Lipinski definition) is 4. The maximum atomic E-state index is 4.29. The van der Waals surface area contributed by atoms with Crippen LogP contribution >= 0.6 is 11.3 Å². The summed E-state index contributed by atoms with van der Waals surface area (Å²) >= 11 is 1.69. The second kappa shape index (κ2) is 5.89. The molecule has 0 radical (unpaired) electrons. The lowest BCUT2D eigenvalue weighted by atomic mass is 10.1. The molecule has 0 atom stereocenters. The Labute approximate surface area is 106 Å². The SMILES string of the molecule is CC(C)NCc1cncc(Cc2nccs2)c1. The predicted molar refractivity (Wildman–Crippen MR) is 71.1 cm³/mol. The average Bonchev–Trinajstić information content (AvgIpc) is 2.80. The zero-order valence-corrected chi connectivity index (χ0v) is 11.0. The van der Waals surface area contributed by atoms with E-state index in [2.05, 4.69) is 35.2 Å². The fraction of sp³-hybridized carbons (Fsp3) is 0.385. The van der Waals surface area contributed by atoms with Crippen LogP contribution in [-0.4, -0.2) is 16.0 Å². The molecular formula is C13H17N3S. The Morgan fingerprint density at radius 2 is 2.12 bits per heavy atom. The third-order valence-electron chi connectivity index (χ3n) is 2.40. The quantitative estimate of drug-likeness (QED) is 0.882. The Kier molecular flexibility index (Phi) is 4.23. The van der Waals surface area contributed by atoms with E-state index in [4.69, 9.17) is 0 Å². The smallest absolute Gasteiger partial charge is 0.0969 e. The topological polar surface area (TPSA) is 37.8 Å². The zero-order chi connectivity index (χ0) is 12.1. The van der Waals surface area contributed by atoms with E-state index in [1.165, 1.54) is 11.1 Å². The molecule has 0 aliphatic carbocycles. The molecule has 0 aliphatic heterocycles. The molecule has 0 fully saturated rings. The molecule has 4 heteroatoms. The molecule has 0 spiro atoms. The molecule has 0 amide bonds. The highest BCUT2D eigenvalue weighted by atomic mass is 32.1. The van der Waals surface area contributed by atoms with Gasteiger partial charge in [-0.05, 0) is 11.1 Å². The molecule has 3 nitrogen and oxygen atoms in total. The van der Waals surface area contributed by atoms with Crippen molar-refractivity contribution in [1.82, 2.24) is 15.3 Å². The number of aromatic nitrogens is 2. The van der Waals surface area contributed by atoms with E-state index < -0.39 is 0 Å². The maximum absolute atomic E-state index is 4.29. The number of thiazole rings is 1. The number of rotatable bonds is 5. The first-order chi connectivity index (χ1) is 8.24. The molecule has 2 rings (SSSR count). The number of hydrogen-bond donors (Lipinski definition) is 1. The Bertz CT molecular complexity index is 451. The van der Waals surface area contributed by atoms with Crippen molar-refractivity contribution in [2.45, 2.75) is 32.9 Å². The molecule has 0 aliphatic rings. The molecule has 0 aromatic carbocycles. The summed E-state index contributed by atoms with van der Waals surface area (Å²) in [6.45, 7) is 5.16. The summed E-state index contributed by atoms with van der Waals surface area (Å²) in [5.41, 5.74) is 2.45. The van der Waals surface area contributed by atoms with Crippen LogP contribution in [-0.2, 0) is 13.0 Å². The van der Waals surface area contributed by atoms with Crippen LogP contribution in [0.3, 0.4) is 0 Å². The normalized spacial score (nSPS) is 11.0. The molecule has 0 saturated carbocycles. The molecule has 2 heterocycles. The first kappa shape index (κ1) is 12.2. The van der Waals surface area contributed by atoms with Crippen molar-refractivity contribution in [3.8, 4) is 0 Å². The fourth-order valence-corrected chi connectivity index (χ4v) is 2.22. The van der Waals surface area contributed by atoms with Crippen molar-refractivity contribution in [3.63, 3.8) is 0 Å². The summed E-state index contributed by atoms with van der Waals surface area (Å²) in [5.74, 6) is 0. The summed E-state index contributed by atoms with van der Waals surface area (Å²) in [6, 6.07) is 2.70. The minimum atomic E-state index is 0.498. The maximum Gasteiger partial charge on any atom is 0.0969 e. The monoisotopic (exact) mass is 247 g/mol. The third-order valence-corrected chi connectivity index (χ3v) is 3.18. The van der Waals surface area contributed by atoms with Gasteiger partial charge >= 0.3 is 0 Å². The zero-order valence-electron chi connectivity index (χ0n) is 10.2. The van der Waals surface area contributed by atoms with E-state index in [-0.39, 0.29) is 0 Å². The standard InChI is InChI=1S/C13H17N3S/c1-10(2)16-9-12-5-11(7-14-8-12)6-13-15-3-4-17-13/h3-5,7-8,10,16H,6,9H2,1-2H3. The molecule has 0 saturated heterocycles. The average molecular weight is 247 g/mol. The number of nitrogens with one attached hydrogen (secondary N) is 1. The lowest BCUT2D eigenvalue weighted by molar-refractivity contribution is 0.587. The van der Waals surface area contributed by atoms with Gasteiger partial charge in [-0.3, -0.25) is 4.98 Å². The second-order valence-electron chi connectivity index (χ2n) is 4.34. The Morgan fingerprint density at radius 3 is 2.82 bits per heavy atom. The van der Waals surface area contributed by atoms with Crippen LogP contribution in [0.4, 0.5) is 0 Å². The molecule has 90 valence electrons. The molecule has 1 N–H and O–H groups in total. The van der Waals surface area contributed by atoms with E-state index in [9.17, 15) is 0 Å². The highest BCUT2D eigenvalue weighted by Gasteiger charge is 2.01. The summed E-state index contributed by atoms with van der Waals surface area (Å²) in [5, 5.41) is 6.54.